The monoisotopic (exact) mass is 423 g/mol. The van der Waals surface area contributed by atoms with Gasteiger partial charge in [0.15, 0.2) is 0 Å². The van der Waals surface area contributed by atoms with Crippen LogP contribution in [0.25, 0.3) is 0 Å². The first-order chi connectivity index (χ1) is 14.0. The van der Waals surface area contributed by atoms with Crippen molar-refractivity contribution in [1.82, 2.24) is 15.5 Å². The third-order valence-electron chi connectivity index (χ3n) is 7.55. The highest BCUT2D eigenvalue weighted by Crippen LogP contribution is 2.68. The molecule has 3 amide bonds. The molecule has 0 radical (unpaired) electrons. The number of rotatable bonds is 6. The number of aliphatic hydroxyl groups excluding tert-OH is 1. The molecule has 3 saturated heterocycles. The molecule has 7 nitrogen and oxygen atoms in total. The van der Waals surface area contributed by atoms with Crippen molar-refractivity contribution >= 4 is 29.5 Å². The third kappa shape index (κ3) is 3.17. The molecule has 4 rings (SSSR count). The average Bonchev–Trinajstić information content (AvgIpc) is 3.30. The maximum absolute atomic E-state index is 13.6. The molecular weight excluding hydrogens is 390 g/mol. The van der Waals surface area contributed by atoms with Crippen LogP contribution in [-0.4, -0.2) is 70.0 Å². The van der Waals surface area contributed by atoms with Gasteiger partial charge in [0.25, 0.3) is 0 Å². The topological polar surface area (TPSA) is 98.7 Å². The minimum absolute atomic E-state index is 0.0252. The Hall–Kier alpha value is -1.28. The predicted octanol–water partition coefficient (Wildman–Crippen LogP) is 0.901. The summed E-state index contributed by atoms with van der Waals surface area (Å²) in [5, 5.41) is 15.4. The van der Waals surface area contributed by atoms with Crippen LogP contribution in [-0.2, 0) is 14.4 Å². The standard InChI is InChI=1S/C21H33N3O4S/c1-12-11-14-15(18(26)22-2)16-20(28)24(9-6-10-25)17(21(12,16)29-14)19(27)23-13-7-4-3-5-8-13/h12-17,25H,3-11H2,1-2H3,(H,22,26)(H,23,27)/t12?,14-,15+,16+,17?,21?/m1/s1. The summed E-state index contributed by atoms with van der Waals surface area (Å²) in [6, 6.07) is -0.386. The second-order valence-corrected chi connectivity index (χ2v) is 10.7. The smallest absolute Gasteiger partial charge is 0.244 e. The number of fused-ring (bicyclic) bond motifs is 1. The number of nitrogens with zero attached hydrogens (tertiary/aromatic N) is 1. The number of carbonyl (C=O) groups is 3. The molecule has 8 heteroatoms. The van der Waals surface area contributed by atoms with Crippen molar-refractivity contribution in [1.29, 1.82) is 0 Å². The number of thioether (sulfide) groups is 1. The first kappa shape index (κ1) is 21.0. The Kier molecular flexibility index (Phi) is 5.86. The van der Waals surface area contributed by atoms with Crippen LogP contribution < -0.4 is 10.6 Å². The van der Waals surface area contributed by atoms with Gasteiger partial charge in [0.05, 0.1) is 16.6 Å². The van der Waals surface area contributed by atoms with E-state index < -0.39 is 16.7 Å². The van der Waals surface area contributed by atoms with E-state index in [1.54, 1.807) is 23.7 Å². The van der Waals surface area contributed by atoms with E-state index in [-0.39, 0.29) is 47.5 Å². The fraction of sp³-hybridized carbons (Fsp3) is 0.857. The number of aliphatic hydroxyl groups is 1. The molecule has 1 spiro atoms. The van der Waals surface area contributed by atoms with Gasteiger partial charge in [-0.15, -0.1) is 11.8 Å². The molecule has 2 bridgehead atoms. The van der Waals surface area contributed by atoms with Gasteiger partial charge in [-0.2, -0.15) is 0 Å². The number of nitrogens with one attached hydrogen (secondary N) is 2. The van der Waals surface area contributed by atoms with Crippen LogP contribution in [0.3, 0.4) is 0 Å². The number of amides is 3. The molecule has 29 heavy (non-hydrogen) atoms. The van der Waals surface area contributed by atoms with Crippen LogP contribution >= 0.6 is 11.8 Å². The summed E-state index contributed by atoms with van der Waals surface area (Å²) in [6.07, 6.45) is 6.75. The Morgan fingerprint density at radius 3 is 2.62 bits per heavy atom. The summed E-state index contributed by atoms with van der Waals surface area (Å²) in [7, 11) is 1.62. The van der Waals surface area contributed by atoms with E-state index in [1.165, 1.54) is 6.42 Å². The summed E-state index contributed by atoms with van der Waals surface area (Å²) in [4.78, 5) is 41.5. The summed E-state index contributed by atoms with van der Waals surface area (Å²) in [5.74, 6) is -0.890. The van der Waals surface area contributed by atoms with Gasteiger partial charge in [-0.3, -0.25) is 14.4 Å². The van der Waals surface area contributed by atoms with E-state index in [1.807, 2.05) is 0 Å². The molecule has 3 N–H and O–H groups in total. The largest absolute Gasteiger partial charge is 0.396 e. The van der Waals surface area contributed by atoms with Gasteiger partial charge in [-0.1, -0.05) is 26.2 Å². The number of hydrogen-bond acceptors (Lipinski definition) is 5. The average molecular weight is 424 g/mol. The molecule has 0 aromatic heterocycles. The van der Waals surface area contributed by atoms with Crippen molar-refractivity contribution in [3.63, 3.8) is 0 Å². The summed E-state index contributed by atoms with van der Waals surface area (Å²) >= 11 is 1.70. The molecule has 0 aromatic carbocycles. The molecule has 3 heterocycles. The molecule has 4 fully saturated rings. The van der Waals surface area contributed by atoms with Crippen molar-refractivity contribution in [3.8, 4) is 0 Å². The van der Waals surface area contributed by atoms with Crippen LogP contribution in [0.5, 0.6) is 0 Å². The minimum Gasteiger partial charge on any atom is -0.396 e. The predicted molar refractivity (Wildman–Crippen MR) is 111 cm³/mol. The van der Waals surface area contributed by atoms with Crippen molar-refractivity contribution < 1.29 is 19.5 Å². The minimum atomic E-state index is -0.562. The van der Waals surface area contributed by atoms with E-state index >= 15 is 0 Å². The molecule has 0 aromatic rings. The highest BCUT2D eigenvalue weighted by Gasteiger charge is 2.75. The van der Waals surface area contributed by atoms with Gasteiger partial charge in [0.2, 0.25) is 17.7 Å². The fourth-order valence-electron chi connectivity index (χ4n) is 6.29. The van der Waals surface area contributed by atoms with Gasteiger partial charge in [-0.25, -0.2) is 0 Å². The van der Waals surface area contributed by atoms with Crippen molar-refractivity contribution in [2.24, 2.45) is 17.8 Å². The Labute approximate surface area is 176 Å². The van der Waals surface area contributed by atoms with Gasteiger partial charge in [-0.05, 0) is 31.6 Å². The normalized spacial score (nSPS) is 38.9. The quantitative estimate of drug-likeness (QED) is 0.590. The first-order valence-corrected chi connectivity index (χ1v) is 11.9. The molecule has 1 saturated carbocycles. The zero-order valence-electron chi connectivity index (χ0n) is 17.4. The highest BCUT2D eigenvalue weighted by atomic mass is 32.2. The van der Waals surface area contributed by atoms with Crippen LogP contribution in [0.4, 0.5) is 0 Å². The van der Waals surface area contributed by atoms with E-state index in [0.29, 0.717) is 13.0 Å². The van der Waals surface area contributed by atoms with Crippen molar-refractivity contribution in [2.75, 3.05) is 20.2 Å². The molecule has 3 aliphatic heterocycles. The zero-order chi connectivity index (χ0) is 20.8. The lowest BCUT2D eigenvalue weighted by Gasteiger charge is -2.39. The van der Waals surface area contributed by atoms with Gasteiger partial charge >= 0.3 is 0 Å². The number of hydrogen-bond donors (Lipinski definition) is 3. The zero-order valence-corrected chi connectivity index (χ0v) is 18.2. The highest BCUT2D eigenvalue weighted by molar-refractivity contribution is 8.02. The second kappa shape index (κ2) is 8.10. The molecule has 162 valence electrons. The number of likely N-dealkylation sites (tertiary alicyclic amines) is 1. The lowest BCUT2D eigenvalue weighted by molar-refractivity contribution is -0.140. The van der Waals surface area contributed by atoms with Crippen LogP contribution in [0.1, 0.15) is 51.9 Å². The number of carbonyl (C=O) groups excluding carboxylic acids is 3. The van der Waals surface area contributed by atoms with Gasteiger partial charge < -0.3 is 20.6 Å². The second-order valence-electron chi connectivity index (χ2n) is 9.12. The Balaban J connectivity index is 1.67. The Bertz CT molecular complexity index is 683. The van der Waals surface area contributed by atoms with Gasteiger partial charge in [0, 0.05) is 31.5 Å². The van der Waals surface area contributed by atoms with E-state index in [0.717, 1.165) is 32.1 Å². The molecule has 4 aliphatic rings. The van der Waals surface area contributed by atoms with Gasteiger partial charge in [0.1, 0.15) is 6.04 Å². The van der Waals surface area contributed by atoms with E-state index in [4.69, 9.17) is 0 Å². The maximum atomic E-state index is 13.6. The van der Waals surface area contributed by atoms with Crippen LogP contribution in [0.15, 0.2) is 0 Å². The van der Waals surface area contributed by atoms with Crippen molar-refractivity contribution in [2.45, 2.75) is 74.0 Å². The molecule has 3 unspecified atom stereocenters. The molecule has 1 aliphatic carbocycles. The summed E-state index contributed by atoms with van der Waals surface area (Å²) in [6.45, 7) is 2.46. The van der Waals surface area contributed by atoms with Crippen molar-refractivity contribution in [3.05, 3.63) is 0 Å². The Morgan fingerprint density at radius 1 is 1.24 bits per heavy atom. The maximum Gasteiger partial charge on any atom is 0.244 e. The summed E-state index contributed by atoms with van der Waals surface area (Å²) in [5.41, 5.74) is 0. The Morgan fingerprint density at radius 2 is 1.97 bits per heavy atom. The van der Waals surface area contributed by atoms with Crippen LogP contribution in [0.2, 0.25) is 0 Å². The lowest BCUT2D eigenvalue weighted by Crippen LogP contribution is -2.58. The SMILES string of the molecule is CNC(=O)[C@@H]1[C@H]2C(=O)N(CCCO)C(C(=O)NC3CCCCC3)C23S[C@@H]1CC3C. The molecular formula is C21H33N3O4S. The first-order valence-electron chi connectivity index (χ1n) is 11.1. The third-order valence-corrected chi connectivity index (χ3v) is 9.63. The summed E-state index contributed by atoms with van der Waals surface area (Å²) < 4.78 is -0.548. The lowest BCUT2D eigenvalue weighted by atomic mass is 9.66. The molecule has 6 atom stereocenters. The van der Waals surface area contributed by atoms with Crippen LogP contribution in [0, 0.1) is 17.8 Å². The van der Waals surface area contributed by atoms with E-state index in [9.17, 15) is 19.5 Å². The fourth-order valence-corrected chi connectivity index (χ4v) is 8.72. The van der Waals surface area contributed by atoms with E-state index in [2.05, 4.69) is 17.6 Å².